The van der Waals surface area contributed by atoms with Gasteiger partial charge in [-0.3, -0.25) is 0 Å². The van der Waals surface area contributed by atoms with E-state index in [-0.39, 0.29) is 11.6 Å². The molecule has 2 aromatic rings. The van der Waals surface area contributed by atoms with Gasteiger partial charge < -0.3 is 19.9 Å². The largest absolute Gasteiger partial charge is 0.495 e. The number of para-hydroxylation sites is 2. The summed E-state index contributed by atoms with van der Waals surface area (Å²) in [4.78, 5) is 17.0. The van der Waals surface area contributed by atoms with Crippen LogP contribution in [0.1, 0.15) is 24.0 Å². The van der Waals surface area contributed by atoms with Crippen LogP contribution in [0.5, 0.6) is 5.75 Å². The summed E-state index contributed by atoms with van der Waals surface area (Å²) < 4.78 is 5.47. The van der Waals surface area contributed by atoms with Gasteiger partial charge in [0.05, 0.1) is 18.3 Å². The first kappa shape index (κ1) is 17.7. The first-order valence-corrected chi connectivity index (χ1v) is 9.63. The molecule has 4 rings (SSSR count). The molecule has 27 heavy (non-hydrogen) atoms. The van der Waals surface area contributed by atoms with Gasteiger partial charge in [0.1, 0.15) is 5.75 Å². The van der Waals surface area contributed by atoms with Crippen molar-refractivity contribution in [2.24, 2.45) is 0 Å². The number of hydrogen-bond acceptors (Lipinski definition) is 3. The topological polar surface area (TPSA) is 44.8 Å². The minimum atomic E-state index is -0.162. The molecule has 1 heterocycles. The Hall–Kier alpha value is -2.69. The Labute approximate surface area is 160 Å². The molecule has 5 heteroatoms. The molecule has 0 bridgehead atoms. The Morgan fingerprint density at radius 2 is 1.67 bits per heavy atom. The molecule has 1 N–H and O–H groups in total. The maximum Gasteiger partial charge on any atom is 0.318 e. The second-order valence-corrected chi connectivity index (χ2v) is 7.52. The normalized spacial score (nSPS) is 18.1. The Balaban J connectivity index is 1.37. The summed E-state index contributed by atoms with van der Waals surface area (Å²) in [6.07, 6.45) is 2.03. The third-order valence-electron chi connectivity index (χ3n) is 5.69. The van der Waals surface area contributed by atoms with Crippen molar-refractivity contribution in [3.63, 3.8) is 0 Å². The van der Waals surface area contributed by atoms with E-state index in [0.29, 0.717) is 13.1 Å². The summed E-state index contributed by atoms with van der Waals surface area (Å²) in [5.41, 5.74) is 3.39. The fraction of sp³-hybridized carbons (Fsp3) is 0.409. The highest BCUT2D eigenvalue weighted by molar-refractivity contribution is 5.76. The molecule has 2 aromatic carbocycles. The summed E-state index contributed by atoms with van der Waals surface area (Å²) in [6, 6.07) is 16.6. The van der Waals surface area contributed by atoms with Gasteiger partial charge in [0, 0.05) is 26.2 Å². The van der Waals surface area contributed by atoms with Crippen LogP contribution in [0.4, 0.5) is 10.5 Å². The number of aryl methyl sites for hydroxylation is 1. The third-order valence-corrected chi connectivity index (χ3v) is 5.69. The highest BCUT2D eigenvalue weighted by atomic mass is 16.5. The number of urea groups is 1. The average molecular weight is 365 g/mol. The smallest absolute Gasteiger partial charge is 0.318 e. The highest BCUT2D eigenvalue weighted by Gasteiger charge is 2.46. The molecule has 142 valence electrons. The van der Waals surface area contributed by atoms with E-state index >= 15 is 0 Å². The molecule has 1 saturated heterocycles. The summed E-state index contributed by atoms with van der Waals surface area (Å²) >= 11 is 0. The van der Waals surface area contributed by atoms with E-state index in [1.54, 1.807) is 7.11 Å². The van der Waals surface area contributed by atoms with Gasteiger partial charge in [0.15, 0.2) is 0 Å². The minimum Gasteiger partial charge on any atom is -0.495 e. The second kappa shape index (κ2) is 7.14. The number of nitrogens with one attached hydrogen (secondary N) is 1. The first-order chi connectivity index (χ1) is 13.1. The number of amides is 2. The van der Waals surface area contributed by atoms with Gasteiger partial charge in [-0.15, -0.1) is 0 Å². The van der Waals surface area contributed by atoms with Gasteiger partial charge in [-0.1, -0.05) is 42.0 Å². The standard InChI is InChI=1S/C22H27N3O2/c1-17-7-9-18(10-8-17)22(11-12-22)23-21(26)25-15-13-24(14-16-25)19-5-3-4-6-20(19)27-2/h3-10H,11-16H2,1-2H3,(H,23,26). The number of piperazine rings is 1. The Kier molecular flexibility index (Phi) is 4.68. The predicted octanol–water partition coefficient (Wildman–Crippen LogP) is 3.52. The predicted molar refractivity (Wildman–Crippen MR) is 107 cm³/mol. The van der Waals surface area contributed by atoms with Gasteiger partial charge in [0.25, 0.3) is 0 Å². The molecule has 2 aliphatic rings. The van der Waals surface area contributed by atoms with Gasteiger partial charge in [-0.2, -0.15) is 0 Å². The molecule has 1 aliphatic carbocycles. The Morgan fingerprint density at radius 3 is 2.30 bits per heavy atom. The van der Waals surface area contributed by atoms with Gasteiger partial charge >= 0.3 is 6.03 Å². The van der Waals surface area contributed by atoms with Gasteiger partial charge in [-0.25, -0.2) is 4.79 Å². The Bertz CT molecular complexity index is 807. The van der Waals surface area contributed by atoms with Crippen molar-refractivity contribution in [1.29, 1.82) is 0 Å². The summed E-state index contributed by atoms with van der Waals surface area (Å²) in [7, 11) is 1.70. The number of ether oxygens (including phenoxy) is 1. The van der Waals surface area contributed by atoms with Crippen LogP contribution >= 0.6 is 0 Å². The fourth-order valence-electron chi connectivity index (χ4n) is 3.81. The van der Waals surface area contributed by atoms with Crippen molar-refractivity contribution < 1.29 is 9.53 Å². The quantitative estimate of drug-likeness (QED) is 0.902. The lowest BCUT2D eigenvalue weighted by Gasteiger charge is -2.37. The van der Waals surface area contributed by atoms with Crippen molar-refractivity contribution in [3.8, 4) is 5.75 Å². The zero-order valence-electron chi connectivity index (χ0n) is 16.1. The van der Waals surface area contributed by atoms with E-state index in [9.17, 15) is 4.79 Å². The number of rotatable bonds is 4. The van der Waals surface area contributed by atoms with Crippen LogP contribution < -0.4 is 15.0 Å². The number of benzene rings is 2. The van der Waals surface area contributed by atoms with Crippen LogP contribution in [0.2, 0.25) is 0 Å². The van der Waals surface area contributed by atoms with E-state index in [1.165, 1.54) is 11.1 Å². The molecule has 2 fully saturated rings. The van der Waals surface area contributed by atoms with Crippen LogP contribution in [-0.2, 0) is 5.54 Å². The highest BCUT2D eigenvalue weighted by Crippen LogP contribution is 2.45. The van der Waals surface area contributed by atoms with Crippen molar-refractivity contribution in [2.75, 3.05) is 38.2 Å². The minimum absolute atomic E-state index is 0.0488. The molecule has 0 spiro atoms. The number of carbonyl (C=O) groups excluding carboxylic acids is 1. The monoisotopic (exact) mass is 365 g/mol. The summed E-state index contributed by atoms with van der Waals surface area (Å²) in [6.45, 7) is 5.14. The molecule has 5 nitrogen and oxygen atoms in total. The van der Waals surface area contributed by atoms with Crippen LogP contribution in [-0.4, -0.2) is 44.2 Å². The average Bonchev–Trinajstić information content (AvgIpc) is 3.49. The van der Waals surface area contributed by atoms with Gasteiger partial charge in [0.2, 0.25) is 0 Å². The molecule has 0 radical (unpaired) electrons. The van der Waals surface area contributed by atoms with E-state index in [2.05, 4.69) is 47.5 Å². The second-order valence-electron chi connectivity index (χ2n) is 7.52. The van der Waals surface area contributed by atoms with Crippen molar-refractivity contribution >= 4 is 11.7 Å². The van der Waals surface area contributed by atoms with E-state index in [4.69, 9.17) is 4.74 Å². The lowest BCUT2D eigenvalue weighted by Crippen LogP contribution is -2.53. The zero-order chi connectivity index (χ0) is 18.9. The zero-order valence-corrected chi connectivity index (χ0v) is 16.1. The van der Waals surface area contributed by atoms with Crippen LogP contribution in [0, 0.1) is 6.92 Å². The summed E-state index contributed by atoms with van der Waals surface area (Å²) in [5, 5.41) is 3.29. The number of nitrogens with zero attached hydrogens (tertiary/aromatic N) is 2. The summed E-state index contributed by atoms with van der Waals surface area (Å²) in [5.74, 6) is 0.881. The maximum atomic E-state index is 12.8. The van der Waals surface area contributed by atoms with Gasteiger partial charge in [-0.05, 0) is 37.5 Å². The number of carbonyl (C=O) groups is 1. The first-order valence-electron chi connectivity index (χ1n) is 9.63. The van der Waals surface area contributed by atoms with Crippen LogP contribution in [0.3, 0.4) is 0 Å². The van der Waals surface area contributed by atoms with Crippen LogP contribution in [0.15, 0.2) is 48.5 Å². The number of anilines is 1. The number of hydrogen-bond donors (Lipinski definition) is 1. The molecule has 2 amide bonds. The maximum absolute atomic E-state index is 12.8. The molecule has 0 atom stereocenters. The molecule has 0 unspecified atom stereocenters. The van der Waals surface area contributed by atoms with Crippen molar-refractivity contribution in [1.82, 2.24) is 10.2 Å². The molecular weight excluding hydrogens is 338 g/mol. The van der Waals surface area contributed by atoms with Crippen molar-refractivity contribution in [2.45, 2.75) is 25.3 Å². The Morgan fingerprint density at radius 1 is 1.00 bits per heavy atom. The lowest BCUT2D eigenvalue weighted by atomic mass is 10.0. The molecule has 0 aromatic heterocycles. The molecular formula is C22H27N3O2. The third kappa shape index (κ3) is 3.59. The molecule has 1 aliphatic heterocycles. The van der Waals surface area contributed by atoms with Crippen molar-refractivity contribution in [3.05, 3.63) is 59.7 Å². The van der Waals surface area contributed by atoms with E-state index in [0.717, 1.165) is 37.4 Å². The SMILES string of the molecule is COc1ccccc1N1CCN(C(=O)NC2(c3ccc(C)cc3)CC2)CC1. The number of methoxy groups -OCH3 is 1. The van der Waals surface area contributed by atoms with E-state index in [1.807, 2.05) is 23.1 Å². The fourth-order valence-corrected chi connectivity index (χ4v) is 3.81. The lowest BCUT2D eigenvalue weighted by molar-refractivity contribution is 0.188. The molecule has 1 saturated carbocycles. The van der Waals surface area contributed by atoms with E-state index < -0.39 is 0 Å². The van der Waals surface area contributed by atoms with Crippen LogP contribution in [0.25, 0.3) is 0 Å².